The maximum atomic E-state index is 11.6. The molecule has 0 amide bonds. The number of nitrogens with zero attached hydrogens (tertiary/aromatic N) is 1. The molecular formula is C12H15NO4. The van der Waals surface area contributed by atoms with Crippen LogP contribution in [0.3, 0.4) is 0 Å². The summed E-state index contributed by atoms with van der Waals surface area (Å²) in [5, 5.41) is 10.7. The van der Waals surface area contributed by atoms with E-state index in [4.69, 9.17) is 4.74 Å². The number of hydrogen-bond donors (Lipinski definition) is 0. The minimum Gasteiger partial charge on any atom is -0.462 e. The molecule has 0 saturated heterocycles. The van der Waals surface area contributed by atoms with E-state index in [1.807, 2.05) is 13.8 Å². The fourth-order valence-corrected chi connectivity index (χ4v) is 1.26. The first kappa shape index (κ1) is 13.2. The van der Waals surface area contributed by atoms with E-state index in [0.29, 0.717) is 12.2 Å². The minimum absolute atomic E-state index is 0.0657. The Morgan fingerprint density at radius 1 is 1.47 bits per heavy atom. The summed E-state index contributed by atoms with van der Waals surface area (Å²) in [5.41, 5.74) is 0.669. The molecule has 5 nitrogen and oxygen atoms in total. The van der Waals surface area contributed by atoms with Crippen molar-refractivity contribution in [1.29, 1.82) is 0 Å². The van der Waals surface area contributed by atoms with E-state index in [9.17, 15) is 14.9 Å². The predicted octanol–water partition coefficient (Wildman–Crippen LogP) is 2.72. The summed E-state index contributed by atoms with van der Waals surface area (Å²) < 4.78 is 5.00. The number of benzene rings is 1. The first-order valence-electron chi connectivity index (χ1n) is 5.34. The van der Waals surface area contributed by atoms with Crippen LogP contribution in [0.4, 0.5) is 5.69 Å². The molecule has 0 heterocycles. The third kappa shape index (κ3) is 3.55. The number of nitro benzene ring substituents is 1. The molecule has 0 aliphatic rings. The van der Waals surface area contributed by atoms with Gasteiger partial charge < -0.3 is 4.74 Å². The lowest BCUT2D eigenvalue weighted by molar-refractivity contribution is -0.385. The van der Waals surface area contributed by atoms with Crippen molar-refractivity contribution in [2.45, 2.75) is 20.8 Å². The summed E-state index contributed by atoms with van der Waals surface area (Å²) in [6.07, 6.45) is 0. The molecule has 17 heavy (non-hydrogen) atoms. The SMILES string of the molecule is Cc1ccc(C(=O)OCC(C)C)cc1[N+](=O)[O-]. The number of esters is 1. The van der Waals surface area contributed by atoms with Crippen LogP contribution >= 0.6 is 0 Å². The van der Waals surface area contributed by atoms with Gasteiger partial charge in [-0.1, -0.05) is 19.9 Å². The van der Waals surface area contributed by atoms with Crippen LogP contribution in [0.15, 0.2) is 18.2 Å². The number of nitro groups is 1. The van der Waals surface area contributed by atoms with Crippen molar-refractivity contribution in [3.05, 3.63) is 39.4 Å². The molecule has 0 unspecified atom stereocenters. The Morgan fingerprint density at radius 3 is 2.65 bits per heavy atom. The number of rotatable bonds is 4. The van der Waals surface area contributed by atoms with E-state index in [1.165, 1.54) is 12.1 Å². The number of aryl methyl sites for hydroxylation is 1. The lowest BCUT2D eigenvalue weighted by atomic mass is 10.1. The van der Waals surface area contributed by atoms with E-state index in [-0.39, 0.29) is 17.2 Å². The molecule has 0 radical (unpaired) electrons. The van der Waals surface area contributed by atoms with Gasteiger partial charge in [-0.3, -0.25) is 10.1 Å². The molecule has 0 aliphatic carbocycles. The number of ether oxygens (including phenoxy) is 1. The highest BCUT2D eigenvalue weighted by molar-refractivity contribution is 5.90. The molecule has 0 spiro atoms. The molecule has 1 aromatic carbocycles. The van der Waals surface area contributed by atoms with E-state index < -0.39 is 10.9 Å². The van der Waals surface area contributed by atoms with Gasteiger partial charge in [-0.05, 0) is 18.9 Å². The highest BCUT2D eigenvalue weighted by atomic mass is 16.6. The Hall–Kier alpha value is -1.91. The van der Waals surface area contributed by atoms with Crippen molar-refractivity contribution in [1.82, 2.24) is 0 Å². The highest BCUT2D eigenvalue weighted by Gasteiger charge is 2.15. The third-order valence-corrected chi connectivity index (χ3v) is 2.19. The number of carbonyl (C=O) groups is 1. The first-order chi connectivity index (χ1) is 7.91. The van der Waals surface area contributed by atoms with Crippen LogP contribution in [0.25, 0.3) is 0 Å². The predicted molar refractivity (Wildman–Crippen MR) is 63.0 cm³/mol. The fraction of sp³-hybridized carbons (Fsp3) is 0.417. The molecule has 92 valence electrons. The molecule has 1 aromatic rings. The van der Waals surface area contributed by atoms with Gasteiger partial charge in [-0.25, -0.2) is 4.79 Å². The zero-order valence-electron chi connectivity index (χ0n) is 10.1. The Balaban J connectivity index is 2.88. The monoisotopic (exact) mass is 237 g/mol. The Morgan fingerprint density at radius 2 is 2.12 bits per heavy atom. The maximum absolute atomic E-state index is 11.6. The van der Waals surface area contributed by atoms with E-state index in [0.717, 1.165) is 0 Å². The second kappa shape index (κ2) is 5.43. The van der Waals surface area contributed by atoms with Crippen molar-refractivity contribution in [3.8, 4) is 0 Å². The van der Waals surface area contributed by atoms with Gasteiger partial charge in [0.2, 0.25) is 0 Å². The summed E-state index contributed by atoms with van der Waals surface area (Å²) >= 11 is 0. The summed E-state index contributed by atoms with van der Waals surface area (Å²) in [6, 6.07) is 4.33. The average molecular weight is 237 g/mol. The van der Waals surface area contributed by atoms with Gasteiger partial charge in [0.15, 0.2) is 0 Å². The van der Waals surface area contributed by atoms with Crippen molar-refractivity contribution in [3.63, 3.8) is 0 Å². The normalized spacial score (nSPS) is 10.4. The lowest BCUT2D eigenvalue weighted by Crippen LogP contribution is -2.10. The molecule has 1 rings (SSSR count). The van der Waals surface area contributed by atoms with Crippen LogP contribution < -0.4 is 0 Å². The minimum atomic E-state index is -0.526. The standard InChI is InChI=1S/C12H15NO4/c1-8(2)7-17-12(14)10-5-4-9(3)11(6-10)13(15)16/h4-6,8H,7H2,1-3H3. The Labute approximate surface area is 99.5 Å². The van der Waals surface area contributed by atoms with Gasteiger partial charge in [0.05, 0.1) is 17.1 Å². The quantitative estimate of drug-likeness (QED) is 0.458. The van der Waals surface area contributed by atoms with Gasteiger partial charge in [0, 0.05) is 11.6 Å². The third-order valence-electron chi connectivity index (χ3n) is 2.19. The Kier molecular flexibility index (Phi) is 4.20. The van der Waals surface area contributed by atoms with Crippen molar-refractivity contribution in [2.24, 2.45) is 5.92 Å². The molecule has 0 aliphatic heterocycles. The summed E-state index contributed by atoms with van der Waals surface area (Å²) in [7, 11) is 0. The molecule has 5 heteroatoms. The maximum Gasteiger partial charge on any atom is 0.338 e. The molecule has 0 fully saturated rings. The lowest BCUT2D eigenvalue weighted by Gasteiger charge is -2.07. The molecule has 0 bridgehead atoms. The zero-order chi connectivity index (χ0) is 13.0. The van der Waals surface area contributed by atoms with Gasteiger partial charge >= 0.3 is 5.97 Å². The number of hydrogen-bond acceptors (Lipinski definition) is 4. The topological polar surface area (TPSA) is 69.4 Å². The van der Waals surface area contributed by atoms with Crippen LogP contribution in [0, 0.1) is 23.0 Å². The van der Waals surface area contributed by atoms with E-state index >= 15 is 0 Å². The van der Waals surface area contributed by atoms with E-state index in [1.54, 1.807) is 13.0 Å². The molecule has 0 atom stereocenters. The molecule has 0 saturated carbocycles. The first-order valence-corrected chi connectivity index (χ1v) is 5.34. The van der Waals surface area contributed by atoms with Gasteiger partial charge in [-0.15, -0.1) is 0 Å². The molecule has 0 aromatic heterocycles. The van der Waals surface area contributed by atoms with Crippen LogP contribution in [0.1, 0.15) is 29.8 Å². The highest BCUT2D eigenvalue weighted by Crippen LogP contribution is 2.19. The van der Waals surface area contributed by atoms with Crippen molar-refractivity contribution < 1.29 is 14.5 Å². The summed E-state index contributed by atoms with van der Waals surface area (Å²) in [5.74, 6) is -0.291. The average Bonchev–Trinajstić information content (AvgIpc) is 2.26. The van der Waals surface area contributed by atoms with Crippen LogP contribution in [-0.2, 0) is 4.74 Å². The van der Waals surface area contributed by atoms with Crippen molar-refractivity contribution >= 4 is 11.7 Å². The van der Waals surface area contributed by atoms with Crippen LogP contribution in [0.2, 0.25) is 0 Å². The molecule has 0 N–H and O–H groups in total. The van der Waals surface area contributed by atoms with E-state index in [2.05, 4.69) is 0 Å². The second-order valence-corrected chi connectivity index (χ2v) is 4.25. The van der Waals surface area contributed by atoms with Crippen molar-refractivity contribution in [2.75, 3.05) is 6.61 Å². The van der Waals surface area contributed by atoms with Gasteiger partial charge in [-0.2, -0.15) is 0 Å². The zero-order valence-corrected chi connectivity index (χ0v) is 10.1. The summed E-state index contributed by atoms with van der Waals surface area (Å²) in [4.78, 5) is 21.8. The summed E-state index contributed by atoms with van der Waals surface area (Å²) in [6.45, 7) is 5.78. The second-order valence-electron chi connectivity index (χ2n) is 4.25. The molecular weight excluding hydrogens is 222 g/mol. The fourth-order valence-electron chi connectivity index (χ4n) is 1.26. The van der Waals surface area contributed by atoms with Crippen LogP contribution in [-0.4, -0.2) is 17.5 Å². The van der Waals surface area contributed by atoms with Gasteiger partial charge in [0.1, 0.15) is 0 Å². The Bertz CT molecular complexity index is 440. The smallest absolute Gasteiger partial charge is 0.338 e. The number of carbonyl (C=O) groups excluding carboxylic acids is 1. The largest absolute Gasteiger partial charge is 0.462 e. The van der Waals surface area contributed by atoms with Gasteiger partial charge in [0.25, 0.3) is 5.69 Å². The van der Waals surface area contributed by atoms with Crippen LogP contribution in [0.5, 0.6) is 0 Å².